The van der Waals surface area contributed by atoms with E-state index in [9.17, 15) is 14.7 Å². The Kier molecular flexibility index (Phi) is 7.35. The Balaban J connectivity index is 2.77. The minimum atomic E-state index is -0.646. The summed E-state index contributed by atoms with van der Waals surface area (Å²) in [4.78, 5) is 24.5. The molecule has 0 aliphatic carbocycles. The molecular weight excluding hydrogens is 304 g/mol. The molecule has 122 valence electrons. The van der Waals surface area contributed by atoms with Crippen molar-refractivity contribution in [2.45, 2.75) is 39.3 Å². The topological polar surface area (TPSA) is 78.4 Å². The van der Waals surface area contributed by atoms with Crippen molar-refractivity contribution in [3.05, 3.63) is 34.9 Å². The van der Waals surface area contributed by atoms with Crippen LogP contribution in [0.2, 0.25) is 5.02 Å². The molecule has 0 aliphatic heterocycles. The molecule has 1 aromatic rings. The van der Waals surface area contributed by atoms with E-state index in [1.54, 1.807) is 31.2 Å². The number of aliphatic hydroxyl groups is 1. The first kappa shape index (κ1) is 18.5. The van der Waals surface area contributed by atoms with Crippen LogP contribution in [0.4, 0.5) is 0 Å². The maximum absolute atomic E-state index is 12.2. The van der Waals surface area contributed by atoms with Crippen molar-refractivity contribution in [3.8, 4) is 0 Å². The molecule has 0 aliphatic rings. The smallest absolute Gasteiger partial charge is 0.251 e. The number of hydrogen-bond donors (Lipinski definition) is 3. The van der Waals surface area contributed by atoms with Gasteiger partial charge in [0.25, 0.3) is 5.91 Å². The standard InChI is InChI=1S/C16H23ClN2O3/c1-4-10(2)14(16(22)18-9-11(3)20)19-15(21)12-5-7-13(17)8-6-12/h5-8,10-11,14,20H,4,9H2,1-3H3,(H,18,22)(H,19,21). The van der Waals surface area contributed by atoms with Crippen LogP contribution in [0.15, 0.2) is 24.3 Å². The van der Waals surface area contributed by atoms with Crippen molar-refractivity contribution >= 4 is 23.4 Å². The van der Waals surface area contributed by atoms with Gasteiger partial charge >= 0.3 is 0 Å². The Labute approximate surface area is 136 Å². The van der Waals surface area contributed by atoms with Gasteiger partial charge in [-0.05, 0) is 37.1 Å². The Hall–Kier alpha value is -1.59. The van der Waals surface area contributed by atoms with Crippen molar-refractivity contribution in [2.24, 2.45) is 5.92 Å². The van der Waals surface area contributed by atoms with E-state index in [2.05, 4.69) is 10.6 Å². The minimum Gasteiger partial charge on any atom is -0.392 e. The van der Waals surface area contributed by atoms with Crippen molar-refractivity contribution in [1.82, 2.24) is 10.6 Å². The Morgan fingerprint density at radius 1 is 1.23 bits per heavy atom. The molecule has 0 saturated carbocycles. The molecule has 0 aromatic heterocycles. The maximum atomic E-state index is 12.2. The zero-order valence-electron chi connectivity index (χ0n) is 13.1. The summed E-state index contributed by atoms with van der Waals surface area (Å²) < 4.78 is 0. The predicted molar refractivity (Wildman–Crippen MR) is 86.9 cm³/mol. The second-order valence-electron chi connectivity index (χ2n) is 5.44. The molecule has 0 spiro atoms. The van der Waals surface area contributed by atoms with Crippen LogP contribution < -0.4 is 10.6 Å². The van der Waals surface area contributed by atoms with Gasteiger partial charge in [0.1, 0.15) is 6.04 Å². The number of aliphatic hydroxyl groups excluding tert-OH is 1. The number of nitrogens with one attached hydrogen (secondary N) is 2. The number of carbonyl (C=O) groups excluding carboxylic acids is 2. The number of halogens is 1. The summed E-state index contributed by atoms with van der Waals surface area (Å²) in [5, 5.41) is 15.2. The molecule has 22 heavy (non-hydrogen) atoms. The van der Waals surface area contributed by atoms with E-state index < -0.39 is 12.1 Å². The molecular formula is C16H23ClN2O3. The van der Waals surface area contributed by atoms with Crippen LogP contribution >= 0.6 is 11.6 Å². The third kappa shape index (κ3) is 5.66. The Morgan fingerprint density at radius 3 is 2.32 bits per heavy atom. The fourth-order valence-corrected chi connectivity index (χ4v) is 2.01. The van der Waals surface area contributed by atoms with Gasteiger partial charge in [-0.2, -0.15) is 0 Å². The average Bonchev–Trinajstić information content (AvgIpc) is 2.49. The maximum Gasteiger partial charge on any atom is 0.251 e. The van der Waals surface area contributed by atoms with Gasteiger partial charge in [-0.1, -0.05) is 31.9 Å². The number of rotatable bonds is 7. The quantitative estimate of drug-likeness (QED) is 0.717. The zero-order chi connectivity index (χ0) is 16.7. The SMILES string of the molecule is CCC(C)C(NC(=O)c1ccc(Cl)cc1)C(=O)NCC(C)O. The van der Waals surface area contributed by atoms with Gasteiger partial charge in [0.05, 0.1) is 6.10 Å². The predicted octanol–water partition coefficient (Wildman–Crippen LogP) is 1.98. The lowest BCUT2D eigenvalue weighted by atomic mass is 9.97. The van der Waals surface area contributed by atoms with Gasteiger partial charge in [0.15, 0.2) is 0 Å². The van der Waals surface area contributed by atoms with Crippen molar-refractivity contribution < 1.29 is 14.7 Å². The third-order valence-corrected chi connectivity index (χ3v) is 3.71. The van der Waals surface area contributed by atoms with E-state index in [-0.39, 0.29) is 24.3 Å². The van der Waals surface area contributed by atoms with E-state index >= 15 is 0 Å². The number of carbonyl (C=O) groups is 2. The van der Waals surface area contributed by atoms with Crippen LogP contribution in [0, 0.1) is 5.92 Å². The lowest BCUT2D eigenvalue weighted by molar-refractivity contribution is -0.124. The Bertz CT molecular complexity index is 503. The summed E-state index contributed by atoms with van der Waals surface area (Å²) in [7, 11) is 0. The highest BCUT2D eigenvalue weighted by Crippen LogP contribution is 2.12. The molecule has 5 nitrogen and oxygen atoms in total. The average molecular weight is 327 g/mol. The van der Waals surface area contributed by atoms with E-state index in [1.807, 2.05) is 13.8 Å². The van der Waals surface area contributed by atoms with Gasteiger partial charge in [-0.15, -0.1) is 0 Å². The largest absolute Gasteiger partial charge is 0.392 e. The lowest BCUT2D eigenvalue weighted by Gasteiger charge is -2.24. The fourth-order valence-electron chi connectivity index (χ4n) is 1.89. The zero-order valence-corrected chi connectivity index (χ0v) is 13.9. The van der Waals surface area contributed by atoms with Gasteiger partial charge in [0.2, 0.25) is 5.91 Å². The highest BCUT2D eigenvalue weighted by Gasteiger charge is 2.26. The summed E-state index contributed by atoms with van der Waals surface area (Å²) in [6, 6.07) is 5.83. The first-order valence-corrected chi connectivity index (χ1v) is 7.75. The van der Waals surface area contributed by atoms with Crippen molar-refractivity contribution in [3.63, 3.8) is 0 Å². The van der Waals surface area contributed by atoms with Gasteiger partial charge in [-0.25, -0.2) is 0 Å². The molecule has 6 heteroatoms. The first-order chi connectivity index (χ1) is 10.3. The van der Waals surface area contributed by atoms with E-state index in [4.69, 9.17) is 11.6 Å². The summed E-state index contributed by atoms with van der Waals surface area (Å²) in [6.45, 7) is 5.59. The third-order valence-electron chi connectivity index (χ3n) is 3.46. The van der Waals surface area contributed by atoms with Crippen LogP contribution in [0.5, 0.6) is 0 Å². The molecule has 0 bridgehead atoms. The number of amides is 2. The van der Waals surface area contributed by atoms with Gasteiger partial charge in [0, 0.05) is 17.1 Å². The van der Waals surface area contributed by atoms with Crippen LogP contribution in [0.1, 0.15) is 37.6 Å². The van der Waals surface area contributed by atoms with Crippen LogP contribution in [0.25, 0.3) is 0 Å². The summed E-state index contributed by atoms with van der Waals surface area (Å²) in [5.41, 5.74) is 0.445. The molecule has 1 rings (SSSR count). The second-order valence-corrected chi connectivity index (χ2v) is 5.87. The van der Waals surface area contributed by atoms with Crippen LogP contribution in [0.3, 0.4) is 0 Å². The highest BCUT2D eigenvalue weighted by atomic mass is 35.5. The second kappa shape index (κ2) is 8.76. The molecule has 0 heterocycles. The number of benzene rings is 1. The van der Waals surface area contributed by atoms with Crippen molar-refractivity contribution in [2.75, 3.05) is 6.54 Å². The minimum absolute atomic E-state index is 0.0229. The molecule has 0 radical (unpaired) electrons. The van der Waals surface area contributed by atoms with Crippen molar-refractivity contribution in [1.29, 1.82) is 0 Å². The van der Waals surface area contributed by atoms with Crippen LogP contribution in [-0.4, -0.2) is 35.6 Å². The van der Waals surface area contributed by atoms with E-state index in [0.717, 1.165) is 6.42 Å². The van der Waals surface area contributed by atoms with Gasteiger partial charge in [-0.3, -0.25) is 9.59 Å². The summed E-state index contributed by atoms with van der Waals surface area (Å²) >= 11 is 5.80. The summed E-state index contributed by atoms with van der Waals surface area (Å²) in [6.07, 6.45) is 0.113. The fraction of sp³-hybridized carbons (Fsp3) is 0.500. The monoisotopic (exact) mass is 326 g/mol. The normalized spacial score (nSPS) is 14.8. The molecule has 3 N–H and O–H groups in total. The van der Waals surface area contributed by atoms with Gasteiger partial charge < -0.3 is 15.7 Å². The Morgan fingerprint density at radius 2 is 1.82 bits per heavy atom. The first-order valence-electron chi connectivity index (χ1n) is 7.37. The summed E-state index contributed by atoms with van der Waals surface area (Å²) in [5.74, 6) is -0.642. The number of hydrogen-bond acceptors (Lipinski definition) is 3. The van der Waals surface area contributed by atoms with E-state index in [0.29, 0.717) is 10.6 Å². The highest BCUT2D eigenvalue weighted by molar-refractivity contribution is 6.30. The molecule has 0 saturated heterocycles. The molecule has 2 amide bonds. The molecule has 3 atom stereocenters. The van der Waals surface area contributed by atoms with Crippen LogP contribution in [-0.2, 0) is 4.79 Å². The molecule has 1 aromatic carbocycles. The molecule has 0 fully saturated rings. The lowest BCUT2D eigenvalue weighted by Crippen LogP contribution is -2.51. The van der Waals surface area contributed by atoms with E-state index in [1.165, 1.54) is 0 Å². The molecule has 3 unspecified atom stereocenters.